The van der Waals surface area contributed by atoms with E-state index in [0.29, 0.717) is 18.0 Å². The summed E-state index contributed by atoms with van der Waals surface area (Å²) in [7, 11) is 3.19. The molecule has 1 N–H and O–H groups in total. The molecule has 0 aliphatic heterocycles. The van der Waals surface area contributed by atoms with Gasteiger partial charge in [-0.25, -0.2) is 0 Å². The molecule has 0 bridgehead atoms. The van der Waals surface area contributed by atoms with Gasteiger partial charge in [-0.2, -0.15) is 0 Å². The van der Waals surface area contributed by atoms with Crippen molar-refractivity contribution in [2.24, 2.45) is 0 Å². The molecule has 0 spiro atoms. The highest BCUT2D eigenvalue weighted by Crippen LogP contribution is 2.32. The van der Waals surface area contributed by atoms with E-state index >= 15 is 0 Å². The molecule has 1 saturated carbocycles. The lowest BCUT2D eigenvalue weighted by Crippen LogP contribution is -2.34. The van der Waals surface area contributed by atoms with Crippen LogP contribution >= 0.6 is 11.6 Å². The SMILES string of the molecule is COc1ccc(OC)c(CN(CC(=O)Nc2ccc(Cl)cc2[N+](=O)[O-])C2CC2)c1. The Morgan fingerprint density at radius 2 is 2.00 bits per heavy atom. The minimum atomic E-state index is -0.568. The number of nitrogens with one attached hydrogen (secondary N) is 1. The van der Waals surface area contributed by atoms with Crippen LogP contribution < -0.4 is 14.8 Å². The predicted octanol–water partition coefficient (Wildman–Crippen LogP) is 3.87. The topological polar surface area (TPSA) is 93.9 Å². The Balaban J connectivity index is 1.74. The molecule has 0 aromatic heterocycles. The van der Waals surface area contributed by atoms with Crippen LogP contribution in [0, 0.1) is 10.1 Å². The lowest BCUT2D eigenvalue weighted by Gasteiger charge is -2.23. The van der Waals surface area contributed by atoms with Crippen molar-refractivity contribution in [1.82, 2.24) is 4.90 Å². The molecule has 8 nitrogen and oxygen atoms in total. The highest BCUT2D eigenvalue weighted by Gasteiger charge is 2.31. The van der Waals surface area contributed by atoms with Crippen molar-refractivity contribution in [2.75, 3.05) is 26.1 Å². The number of halogens is 1. The summed E-state index contributed by atoms with van der Waals surface area (Å²) in [4.78, 5) is 25.3. The van der Waals surface area contributed by atoms with Gasteiger partial charge in [0.2, 0.25) is 5.91 Å². The van der Waals surface area contributed by atoms with Gasteiger partial charge in [0.05, 0.1) is 25.7 Å². The Morgan fingerprint density at radius 1 is 1.24 bits per heavy atom. The minimum absolute atomic E-state index is 0.102. The summed E-state index contributed by atoms with van der Waals surface area (Å²) >= 11 is 5.83. The smallest absolute Gasteiger partial charge is 0.294 e. The van der Waals surface area contributed by atoms with Gasteiger partial charge >= 0.3 is 0 Å². The Labute approximate surface area is 173 Å². The first-order valence-electron chi connectivity index (χ1n) is 9.10. The lowest BCUT2D eigenvalue weighted by molar-refractivity contribution is -0.383. The summed E-state index contributed by atoms with van der Waals surface area (Å²) < 4.78 is 10.7. The maximum absolute atomic E-state index is 12.6. The van der Waals surface area contributed by atoms with Gasteiger partial charge in [0.1, 0.15) is 17.2 Å². The van der Waals surface area contributed by atoms with Crippen LogP contribution in [-0.2, 0) is 11.3 Å². The van der Waals surface area contributed by atoms with Gasteiger partial charge in [-0.1, -0.05) is 11.6 Å². The van der Waals surface area contributed by atoms with E-state index < -0.39 is 4.92 Å². The zero-order valence-corrected chi connectivity index (χ0v) is 16.9. The first-order chi connectivity index (χ1) is 13.9. The van der Waals surface area contributed by atoms with E-state index in [1.54, 1.807) is 14.2 Å². The number of carbonyl (C=O) groups excluding carboxylic acids is 1. The molecule has 154 valence electrons. The number of amides is 1. The van der Waals surface area contributed by atoms with Crippen LogP contribution in [0.2, 0.25) is 5.02 Å². The van der Waals surface area contributed by atoms with E-state index in [2.05, 4.69) is 5.32 Å². The van der Waals surface area contributed by atoms with Crippen LogP contribution in [0.25, 0.3) is 0 Å². The monoisotopic (exact) mass is 419 g/mol. The number of nitro benzene ring substituents is 1. The van der Waals surface area contributed by atoms with E-state index in [4.69, 9.17) is 21.1 Å². The van der Waals surface area contributed by atoms with Crippen molar-refractivity contribution in [2.45, 2.75) is 25.4 Å². The van der Waals surface area contributed by atoms with Crippen LogP contribution in [0.15, 0.2) is 36.4 Å². The average molecular weight is 420 g/mol. The molecular formula is C20H22ClN3O5. The second-order valence-corrected chi connectivity index (χ2v) is 7.22. The number of rotatable bonds is 9. The first kappa shape index (κ1) is 20.9. The Morgan fingerprint density at radius 3 is 2.62 bits per heavy atom. The molecule has 2 aromatic rings. The summed E-state index contributed by atoms with van der Waals surface area (Å²) in [5.41, 5.74) is 0.793. The molecule has 3 rings (SSSR count). The summed E-state index contributed by atoms with van der Waals surface area (Å²) in [5, 5.41) is 14.1. The fraction of sp³-hybridized carbons (Fsp3) is 0.350. The molecule has 29 heavy (non-hydrogen) atoms. The number of methoxy groups -OCH3 is 2. The normalized spacial score (nSPS) is 13.2. The van der Waals surface area contributed by atoms with Gasteiger partial charge in [0.25, 0.3) is 5.69 Å². The summed E-state index contributed by atoms with van der Waals surface area (Å²) in [6.45, 7) is 0.603. The number of hydrogen-bond acceptors (Lipinski definition) is 6. The van der Waals surface area contributed by atoms with Crippen LogP contribution in [0.3, 0.4) is 0 Å². The molecule has 0 unspecified atom stereocenters. The van der Waals surface area contributed by atoms with E-state index in [-0.39, 0.29) is 34.9 Å². The zero-order valence-electron chi connectivity index (χ0n) is 16.2. The van der Waals surface area contributed by atoms with Crippen LogP contribution in [0.1, 0.15) is 18.4 Å². The number of benzene rings is 2. The Hall–Kier alpha value is -2.84. The second kappa shape index (κ2) is 9.11. The zero-order chi connectivity index (χ0) is 21.0. The number of ether oxygens (including phenoxy) is 2. The second-order valence-electron chi connectivity index (χ2n) is 6.78. The van der Waals surface area contributed by atoms with Crippen molar-refractivity contribution < 1.29 is 19.2 Å². The molecule has 1 aliphatic carbocycles. The van der Waals surface area contributed by atoms with E-state index in [1.165, 1.54) is 18.2 Å². The number of carbonyl (C=O) groups is 1. The third kappa shape index (κ3) is 5.36. The van der Waals surface area contributed by atoms with Crippen molar-refractivity contribution >= 4 is 28.9 Å². The molecule has 0 saturated heterocycles. The summed E-state index contributed by atoms with van der Waals surface area (Å²) in [6.07, 6.45) is 2.00. The molecule has 1 amide bonds. The molecule has 0 radical (unpaired) electrons. The first-order valence-corrected chi connectivity index (χ1v) is 9.47. The summed E-state index contributed by atoms with van der Waals surface area (Å²) in [5.74, 6) is 1.09. The van der Waals surface area contributed by atoms with Crippen molar-refractivity contribution in [3.8, 4) is 11.5 Å². The van der Waals surface area contributed by atoms with Gasteiger partial charge in [0.15, 0.2) is 0 Å². The standard InChI is InChI=1S/C20H22ClN3O5/c1-28-16-6-8-19(29-2)13(9-16)11-23(15-4-5-15)12-20(25)22-17-7-3-14(21)10-18(17)24(26)27/h3,6-10,15H,4-5,11-12H2,1-2H3,(H,22,25). The quantitative estimate of drug-likeness (QED) is 0.489. The predicted molar refractivity (Wildman–Crippen MR) is 110 cm³/mol. The van der Waals surface area contributed by atoms with Gasteiger partial charge in [-0.3, -0.25) is 19.8 Å². The van der Waals surface area contributed by atoms with E-state index in [9.17, 15) is 14.9 Å². The van der Waals surface area contributed by atoms with Gasteiger partial charge in [0, 0.05) is 29.2 Å². The van der Waals surface area contributed by atoms with Crippen molar-refractivity contribution in [1.29, 1.82) is 0 Å². The maximum Gasteiger partial charge on any atom is 0.294 e. The largest absolute Gasteiger partial charge is 0.497 e. The molecule has 1 fully saturated rings. The van der Waals surface area contributed by atoms with E-state index in [1.807, 2.05) is 23.1 Å². The van der Waals surface area contributed by atoms with Gasteiger partial charge in [-0.15, -0.1) is 0 Å². The number of nitrogens with zero attached hydrogens (tertiary/aromatic N) is 2. The molecule has 2 aromatic carbocycles. The van der Waals surface area contributed by atoms with Crippen molar-refractivity contribution in [3.63, 3.8) is 0 Å². The lowest BCUT2D eigenvalue weighted by atomic mass is 10.1. The molecule has 1 aliphatic rings. The Bertz CT molecular complexity index is 917. The molecular weight excluding hydrogens is 398 g/mol. The third-order valence-electron chi connectivity index (χ3n) is 4.70. The molecule has 0 heterocycles. The summed E-state index contributed by atoms with van der Waals surface area (Å²) in [6, 6.07) is 9.98. The third-order valence-corrected chi connectivity index (χ3v) is 4.94. The molecule has 0 atom stereocenters. The van der Waals surface area contributed by atoms with Crippen LogP contribution in [0.4, 0.5) is 11.4 Å². The fourth-order valence-electron chi connectivity index (χ4n) is 3.11. The highest BCUT2D eigenvalue weighted by atomic mass is 35.5. The number of hydrogen-bond donors (Lipinski definition) is 1. The maximum atomic E-state index is 12.6. The van der Waals surface area contributed by atoms with Gasteiger partial charge in [-0.05, 0) is 43.2 Å². The highest BCUT2D eigenvalue weighted by molar-refractivity contribution is 6.31. The fourth-order valence-corrected chi connectivity index (χ4v) is 3.28. The number of anilines is 1. The van der Waals surface area contributed by atoms with Crippen LogP contribution in [0.5, 0.6) is 11.5 Å². The van der Waals surface area contributed by atoms with Crippen LogP contribution in [-0.4, -0.2) is 42.5 Å². The minimum Gasteiger partial charge on any atom is -0.497 e. The van der Waals surface area contributed by atoms with E-state index in [0.717, 1.165) is 18.4 Å². The number of nitro groups is 1. The van der Waals surface area contributed by atoms with Gasteiger partial charge < -0.3 is 14.8 Å². The average Bonchev–Trinajstić information content (AvgIpc) is 3.54. The molecule has 9 heteroatoms. The Kier molecular flexibility index (Phi) is 6.56. The van der Waals surface area contributed by atoms with Crippen molar-refractivity contribution in [3.05, 3.63) is 57.1 Å².